The molecule has 0 amide bonds. The van der Waals surface area contributed by atoms with Crippen LogP contribution in [-0.2, 0) is 9.59 Å². The number of ether oxygens (including phenoxy) is 1. The van der Waals surface area contributed by atoms with Crippen molar-refractivity contribution in [2.45, 2.75) is 17.4 Å². The number of nitrogens with zero attached hydrogens (tertiary/aromatic N) is 3. The van der Waals surface area contributed by atoms with E-state index in [1.807, 2.05) is 30.3 Å². The highest BCUT2D eigenvalue weighted by molar-refractivity contribution is 7.99. The number of aromatic nitrogens is 2. The number of carboxylic acid groups (broad SMARTS) is 2. The molecular formula is C18H21N3O5S2. The Labute approximate surface area is 170 Å². The Morgan fingerprint density at radius 1 is 1.18 bits per heavy atom. The van der Waals surface area contributed by atoms with Crippen molar-refractivity contribution in [1.29, 1.82) is 0 Å². The molecule has 2 aliphatic heterocycles. The van der Waals surface area contributed by atoms with E-state index in [1.54, 1.807) is 11.8 Å². The summed E-state index contributed by atoms with van der Waals surface area (Å²) in [4.78, 5) is 20.8. The first-order chi connectivity index (χ1) is 13.5. The lowest BCUT2D eigenvalue weighted by Gasteiger charge is -2.20. The van der Waals surface area contributed by atoms with Gasteiger partial charge in [0, 0.05) is 24.8 Å². The Kier molecular flexibility index (Phi) is 7.24. The van der Waals surface area contributed by atoms with Crippen molar-refractivity contribution in [3.8, 4) is 5.75 Å². The molecule has 2 aromatic rings. The van der Waals surface area contributed by atoms with Crippen molar-refractivity contribution >= 4 is 35.4 Å². The molecule has 8 nitrogen and oxygen atoms in total. The van der Waals surface area contributed by atoms with Gasteiger partial charge in [0.15, 0.2) is 0 Å². The van der Waals surface area contributed by atoms with E-state index >= 15 is 0 Å². The zero-order chi connectivity index (χ0) is 19.9. The van der Waals surface area contributed by atoms with Crippen LogP contribution < -0.4 is 4.74 Å². The normalized spacial score (nSPS) is 22.4. The predicted molar refractivity (Wildman–Crippen MR) is 105 cm³/mol. The first-order valence-electron chi connectivity index (χ1n) is 8.86. The lowest BCUT2D eigenvalue weighted by atomic mass is 9.90. The van der Waals surface area contributed by atoms with Gasteiger partial charge in [0.1, 0.15) is 10.8 Å². The maximum atomic E-state index is 9.10. The van der Waals surface area contributed by atoms with Crippen molar-refractivity contribution in [3.05, 3.63) is 36.0 Å². The van der Waals surface area contributed by atoms with Crippen LogP contribution in [0.4, 0.5) is 0 Å². The SMILES string of the molecule is O=C(O)C(=O)O.c1ccc(OCCSc2nsnc2C2CN3CCC2C3)cc1. The van der Waals surface area contributed by atoms with E-state index in [0.717, 1.165) is 22.4 Å². The molecule has 2 fully saturated rings. The van der Waals surface area contributed by atoms with E-state index in [2.05, 4.69) is 13.6 Å². The van der Waals surface area contributed by atoms with Crippen LogP contribution in [0.25, 0.3) is 0 Å². The van der Waals surface area contributed by atoms with Crippen molar-refractivity contribution in [2.24, 2.45) is 5.92 Å². The second kappa shape index (κ2) is 9.85. The van der Waals surface area contributed by atoms with Gasteiger partial charge in [0.2, 0.25) is 0 Å². The molecule has 1 aromatic carbocycles. The maximum Gasteiger partial charge on any atom is 0.414 e. The predicted octanol–water partition coefficient (Wildman–Crippen LogP) is 2.28. The number of aliphatic carboxylic acids is 2. The molecule has 0 spiro atoms. The van der Waals surface area contributed by atoms with E-state index in [4.69, 9.17) is 24.5 Å². The molecule has 10 heteroatoms. The third kappa shape index (κ3) is 5.43. The number of carbonyl (C=O) groups is 2. The fourth-order valence-corrected chi connectivity index (χ4v) is 5.01. The van der Waals surface area contributed by atoms with Gasteiger partial charge in [-0.1, -0.05) is 30.0 Å². The minimum absolute atomic E-state index is 0.602. The minimum Gasteiger partial charge on any atom is -0.493 e. The molecule has 1 aromatic heterocycles. The second-order valence-electron chi connectivity index (χ2n) is 6.49. The molecular weight excluding hydrogens is 402 g/mol. The molecule has 2 N–H and O–H groups in total. The van der Waals surface area contributed by atoms with Gasteiger partial charge in [-0.2, -0.15) is 8.75 Å². The Hall–Kier alpha value is -2.17. The molecule has 28 heavy (non-hydrogen) atoms. The zero-order valence-corrected chi connectivity index (χ0v) is 16.7. The number of para-hydroxylation sites is 1. The fraction of sp³-hybridized carbons (Fsp3) is 0.444. The summed E-state index contributed by atoms with van der Waals surface area (Å²) in [6.07, 6.45) is 1.32. The molecule has 4 rings (SSSR count). The molecule has 2 aliphatic rings. The highest BCUT2D eigenvalue weighted by Crippen LogP contribution is 2.41. The lowest BCUT2D eigenvalue weighted by molar-refractivity contribution is -0.159. The number of fused-ring (bicyclic) bond motifs is 2. The Balaban J connectivity index is 0.000000330. The van der Waals surface area contributed by atoms with Gasteiger partial charge in [0.05, 0.1) is 24.0 Å². The summed E-state index contributed by atoms with van der Waals surface area (Å²) in [5.74, 6) is -0.409. The van der Waals surface area contributed by atoms with Crippen LogP contribution in [-0.4, -0.2) is 67.8 Å². The lowest BCUT2D eigenvalue weighted by Crippen LogP contribution is -2.22. The second-order valence-corrected chi connectivity index (χ2v) is 8.10. The largest absolute Gasteiger partial charge is 0.493 e. The van der Waals surface area contributed by atoms with Crippen LogP contribution in [0.5, 0.6) is 5.75 Å². The third-order valence-electron chi connectivity index (χ3n) is 4.68. The van der Waals surface area contributed by atoms with Gasteiger partial charge in [-0.05, 0) is 31.0 Å². The van der Waals surface area contributed by atoms with Crippen LogP contribution in [0.1, 0.15) is 18.0 Å². The monoisotopic (exact) mass is 423 g/mol. The first kappa shape index (κ1) is 20.6. The summed E-state index contributed by atoms with van der Waals surface area (Å²) >= 11 is 3.14. The van der Waals surface area contributed by atoms with Gasteiger partial charge >= 0.3 is 11.9 Å². The molecule has 3 heterocycles. The Morgan fingerprint density at radius 2 is 1.93 bits per heavy atom. The first-order valence-corrected chi connectivity index (χ1v) is 10.6. The quantitative estimate of drug-likeness (QED) is 0.410. The van der Waals surface area contributed by atoms with Crippen molar-refractivity contribution in [3.63, 3.8) is 0 Å². The van der Waals surface area contributed by atoms with Gasteiger partial charge in [-0.25, -0.2) is 9.59 Å². The number of hydrogen-bond donors (Lipinski definition) is 2. The molecule has 2 bridgehead atoms. The van der Waals surface area contributed by atoms with Crippen LogP contribution in [0, 0.1) is 5.92 Å². The fourth-order valence-electron chi connectivity index (χ4n) is 3.42. The van der Waals surface area contributed by atoms with Crippen LogP contribution >= 0.6 is 23.5 Å². The Bertz CT molecular complexity index is 790. The number of carboxylic acids is 2. The number of hydrogen-bond acceptors (Lipinski definition) is 8. The summed E-state index contributed by atoms with van der Waals surface area (Å²) in [7, 11) is 0. The van der Waals surface area contributed by atoms with Crippen LogP contribution in [0.3, 0.4) is 0 Å². The van der Waals surface area contributed by atoms with Crippen LogP contribution in [0.2, 0.25) is 0 Å². The van der Waals surface area contributed by atoms with E-state index in [1.165, 1.54) is 43.5 Å². The van der Waals surface area contributed by atoms with Gasteiger partial charge < -0.3 is 19.8 Å². The highest BCUT2D eigenvalue weighted by atomic mass is 32.2. The molecule has 0 saturated carbocycles. The van der Waals surface area contributed by atoms with Gasteiger partial charge in [0.25, 0.3) is 0 Å². The van der Waals surface area contributed by atoms with E-state index in [0.29, 0.717) is 12.5 Å². The number of piperidine rings is 1. The summed E-state index contributed by atoms with van der Waals surface area (Å²) in [6, 6.07) is 9.97. The summed E-state index contributed by atoms with van der Waals surface area (Å²) in [5, 5.41) is 15.9. The molecule has 150 valence electrons. The molecule has 3 atom stereocenters. The van der Waals surface area contributed by atoms with Crippen molar-refractivity contribution in [1.82, 2.24) is 13.6 Å². The van der Waals surface area contributed by atoms with Gasteiger partial charge in [-0.15, -0.1) is 0 Å². The number of rotatable bonds is 6. The number of thioether (sulfide) groups is 1. The zero-order valence-electron chi connectivity index (χ0n) is 15.1. The summed E-state index contributed by atoms with van der Waals surface area (Å²) in [6.45, 7) is 4.39. The average molecular weight is 424 g/mol. The van der Waals surface area contributed by atoms with E-state index < -0.39 is 11.9 Å². The summed E-state index contributed by atoms with van der Waals surface area (Å²) in [5.41, 5.74) is 1.24. The molecule has 2 saturated heterocycles. The topological polar surface area (TPSA) is 113 Å². The maximum absolute atomic E-state index is 9.10. The average Bonchev–Trinajstić information content (AvgIpc) is 3.43. The molecule has 3 unspecified atom stereocenters. The third-order valence-corrected chi connectivity index (χ3v) is 6.29. The van der Waals surface area contributed by atoms with Crippen molar-refractivity contribution < 1.29 is 24.5 Å². The van der Waals surface area contributed by atoms with E-state index in [9.17, 15) is 0 Å². The van der Waals surface area contributed by atoms with E-state index in [-0.39, 0.29) is 0 Å². The number of benzene rings is 1. The van der Waals surface area contributed by atoms with Crippen LogP contribution in [0.15, 0.2) is 35.4 Å². The Morgan fingerprint density at radius 3 is 2.54 bits per heavy atom. The molecule has 0 aliphatic carbocycles. The summed E-state index contributed by atoms with van der Waals surface area (Å²) < 4.78 is 14.8. The molecule has 0 radical (unpaired) electrons. The van der Waals surface area contributed by atoms with Gasteiger partial charge in [-0.3, -0.25) is 0 Å². The minimum atomic E-state index is -1.82. The standard InChI is InChI=1S/C16H19N3OS2.C2H2O4/c1-2-4-13(5-3-1)20-8-9-21-16-15(17-22-18-16)14-11-19-7-6-12(14)10-19;3-1(4)2(5)6/h1-5,12,14H,6-11H2;(H,3,4)(H,5,6). The smallest absolute Gasteiger partial charge is 0.414 e. The highest BCUT2D eigenvalue weighted by Gasteiger charge is 2.41. The van der Waals surface area contributed by atoms with Crippen molar-refractivity contribution in [2.75, 3.05) is 32.0 Å².